The Labute approximate surface area is 90.4 Å². The SMILES string of the molecule is FC(F)(F)Oc1ccc2[nH]ncc2c1Br. The fourth-order valence-corrected chi connectivity index (χ4v) is 1.70. The molecule has 0 aliphatic heterocycles. The Hall–Kier alpha value is -1.24. The first-order valence-corrected chi connectivity index (χ1v) is 4.64. The van der Waals surface area contributed by atoms with Crippen LogP contribution in [0.5, 0.6) is 5.75 Å². The highest BCUT2D eigenvalue weighted by molar-refractivity contribution is 9.10. The molecule has 0 aliphatic carbocycles. The van der Waals surface area contributed by atoms with Gasteiger partial charge in [-0.25, -0.2) is 0 Å². The average molecular weight is 281 g/mol. The van der Waals surface area contributed by atoms with Crippen LogP contribution >= 0.6 is 15.9 Å². The standard InChI is InChI=1S/C8H4BrF3N2O/c9-7-4-3-13-14-5(4)1-2-6(7)15-8(10,11)12/h1-3H,(H,13,14). The van der Waals surface area contributed by atoms with Gasteiger partial charge in [0.1, 0.15) is 5.75 Å². The van der Waals surface area contributed by atoms with Crippen molar-refractivity contribution in [1.29, 1.82) is 0 Å². The van der Waals surface area contributed by atoms with E-state index >= 15 is 0 Å². The number of fused-ring (bicyclic) bond motifs is 1. The average Bonchev–Trinajstić information content (AvgIpc) is 2.56. The third kappa shape index (κ3) is 2.06. The van der Waals surface area contributed by atoms with E-state index in [9.17, 15) is 13.2 Å². The number of benzene rings is 1. The number of halogens is 4. The molecule has 7 heteroatoms. The van der Waals surface area contributed by atoms with Crippen LogP contribution in [0.2, 0.25) is 0 Å². The van der Waals surface area contributed by atoms with Gasteiger partial charge >= 0.3 is 6.36 Å². The summed E-state index contributed by atoms with van der Waals surface area (Å²) in [5.41, 5.74) is 0.636. The van der Waals surface area contributed by atoms with Gasteiger partial charge in [0.2, 0.25) is 0 Å². The zero-order valence-electron chi connectivity index (χ0n) is 7.10. The van der Waals surface area contributed by atoms with E-state index in [-0.39, 0.29) is 10.2 Å². The number of alkyl halides is 3. The van der Waals surface area contributed by atoms with Gasteiger partial charge < -0.3 is 4.74 Å². The summed E-state index contributed by atoms with van der Waals surface area (Å²) in [6.45, 7) is 0. The van der Waals surface area contributed by atoms with Crippen molar-refractivity contribution in [1.82, 2.24) is 10.2 Å². The molecule has 1 heterocycles. The van der Waals surface area contributed by atoms with Crippen molar-refractivity contribution in [3.63, 3.8) is 0 Å². The van der Waals surface area contributed by atoms with E-state index in [1.165, 1.54) is 18.3 Å². The summed E-state index contributed by atoms with van der Waals surface area (Å²) in [5.74, 6) is -0.281. The van der Waals surface area contributed by atoms with E-state index < -0.39 is 6.36 Å². The monoisotopic (exact) mass is 280 g/mol. The second-order valence-electron chi connectivity index (χ2n) is 2.76. The van der Waals surface area contributed by atoms with E-state index in [0.717, 1.165) is 0 Å². The van der Waals surface area contributed by atoms with Gasteiger partial charge in [0.05, 0.1) is 16.2 Å². The molecular weight excluding hydrogens is 277 g/mol. The number of H-pyrrole nitrogens is 1. The Balaban J connectivity index is 2.48. The van der Waals surface area contributed by atoms with E-state index in [4.69, 9.17) is 0 Å². The van der Waals surface area contributed by atoms with E-state index in [0.29, 0.717) is 10.9 Å². The molecule has 0 saturated heterocycles. The van der Waals surface area contributed by atoms with E-state index in [1.807, 2.05) is 0 Å². The summed E-state index contributed by atoms with van der Waals surface area (Å²) in [7, 11) is 0. The first-order chi connectivity index (χ1) is 6.97. The zero-order chi connectivity index (χ0) is 11.1. The van der Waals surface area contributed by atoms with Crippen molar-refractivity contribution in [2.45, 2.75) is 6.36 Å². The minimum atomic E-state index is -4.69. The lowest BCUT2D eigenvalue weighted by Crippen LogP contribution is -2.17. The summed E-state index contributed by atoms with van der Waals surface area (Å²) in [6.07, 6.45) is -3.28. The molecule has 0 aliphatic rings. The summed E-state index contributed by atoms with van der Waals surface area (Å²) in [5, 5.41) is 6.88. The Kier molecular flexibility index (Phi) is 2.34. The maximum absolute atomic E-state index is 12.0. The third-order valence-electron chi connectivity index (χ3n) is 1.75. The van der Waals surface area contributed by atoms with Crippen LogP contribution < -0.4 is 4.74 Å². The molecule has 2 rings (SSSR count). The Morgan fingerprint density at radius 2 is 2.07 bits per heavy atom. The van der Waals surface area contributed by atoms with Crippen LogP contribution in [0.25, 0.3) is 10.9 Å². The zero-order valence-corrected chi connectivity index (χ0v) is 8.69. The van der Waals surface area contributed by atoms with Crippen molar-refractivity contribution in [3.05, 3.63) is 22.8 Å². The predicted molar refractivity (Wildman–Crippen MR) is 50.5 cm³/mol. The largest absolute Gasteiger partial charge is 0.573 e. The minimum absolute atomic E-state index is 0.228. The number of ether oxygens (including phenoxy) is 1. The lowest BCUT2D eigenvalue weighted by molar-refractivity contribution is -0.274. The van der Waals surface area contributed by atoms with Crippen LogP contribution in [0.4, 0.5) is 13.2 Å². The van der Waals surface area contributed by atoms with Gasteiger partial charge in [-0.2, -0.15) is 5.10 Å². The molecule has 15 heavy (non-hydrogen) atoms. The molecule has 0 saturated carbocycles. The highest BCUT2D eigenvalue weighted by atomic mass is 79.9. The van der Waals surface area contributed by atoms with Crippen LogP contribution in [0.1, 0.15) is 0 Å². The van der Waals surface area contributed by atoms with Gasteiger partial charge in [-0.05, 0) is 28.1 Å². The number of nitrogens with zero attached hydrogens (tertiary/aromatic N) is 1. The second-order valence-corrected chi connectivity index (χ2v) is 3.55. The van der Waals surface area contributed by atoms with Crippen LogP contribution in [-0.2, 0) is 0 Å². The van der Waals surface area contributed by atoms with Crippen molar-refractivity contribution in [3.8, 4) is 5.75 Å². The first-order valence-electron chi connectivity index (χ1n) is 3.85. The number of rotatable bonds is 1. The van der Waals surface area contributed by atoms with Gasteiger partial charge in [0.25, 0.3) is 0 Å². The van der Waals surface area contributed by atoms with Crippen molar-refractivity contribution >= 4 is 26.8 Å². The maximum atomic E-state index is 12.0. The molecule has 0 unspecified atom stereocenters. The normalized spacial score (nSPS) is 12.0. The number of nitrogens with one attached hydrogen (secondary N) is 1. The smallest absolute Gasteiger partial charge is 0.405 e. The fourth-order valence-electron chi connectivity index (χ4n) is 1.17. The van der Waals surface area contributed by atoms with Gasteiger partial charge in [-0.15, -0.1) is 13.2 Å². The molecule has 80 valence electrons. The van der Waals surface area contributed by atoms with Crippen molar-refractivity contribution in [2.75, 3.05) is 0 Å². The maximum Gasteiger partial charge on any atom is 0.573 e. The molecule has 0 bridgehead atoms. The van der Waals surface area contributed by atoms with E-state index in [2.05, 4.69) is 30.9 Å². The molecule has 0 radical (unpaired) electrons. The van der Waals surface area contributed by atoms with E-state index in [1.54, 1.807) is 0 Å². The highest BCUT2D eigenvalue weighted by Crippen LogP contribution is 2.35. The third-order valence-corrected chi connectivity index (χ3v) is 2.57. The molecule has 1 N–H and O–H groups in total. The van der Waals surface area contributed by atoms with Crippen LogP contribution in [-0.4, -0.2) is 16.6 Å². The van der Waals surface area contributed by atoms with Crippen LogP contribution in [0, 0.1) is 0 Å². The number of hydrogen-bond donors (Lipinski definition) is 1. The van der Waals surface area contributed by atoms with Gasteiger partial charge in [-0.1, -0.05) is 0 Å². The molecule has 0 atom stereocenters. The first kappa shape index (κ1) is 10.3. The fraction of sp³-hybridized carbons (Fsp3) is 0.125. The molecule has 1 aromatic heterocycles. The van der Waals surface area contributed by atoms with Gasteiger partial charge in [-0.3, -0.25) is 5.10 Å². The topological polar surface area (TPSA) is 37.9 Å². The molecule has 3 nitrogen and oxygen atoms in total. The molecule has 0 spiro atoms. The molecule has 0 amide bonds. The predicted octanol–water partition coefficient (Wildman–Crippen LogP) is 3.22. The molecule has 0 fully saturated rings. The summed E-state index contributed by atoms with van der Waals surface area (Å²) in [4.78, 5) is 0. The molecular formula is C8H4BrF3N2O. The van der Waals surface area contributed by atoms with Crippen molar-refractivity contribution < 1.29 is 17.9 Å². The lowest BCUT2D eigenvalue weighted by atomic mass is 10.2. The van der Waals surface area contributed by atoms with Crippen LogP contribution in [0.15, 0.2) is 22.8 Å². The highest BCUT2D eigenvalue weighted by Gasteiger charge is 2.32. The summed E-state index contributed by atoms with van der Waals surface area (Å²) < 4.78 is 40.0. The molecule has 1 aromatic carbocycles. The second kappa shape index (κ2) is 3.41. The summed E-state index contributed by atoms with van der Waals surface area (Å²) >= 11 is 3.03. The summed E-state index contributed by atoms with van der Waals surface area (Å²) in [6, 6.07) is 2.69. The Bertz CT molecular complexity index is 494. The van der Waals surface area contributed by atoms with Crippen molar-refractivity contribution in [2.24, 2.45) is 0 Å². The van der Waals surface area contributed by atoms with Gasteiger partial charge in [0, 0.05) is 5.39 Å². The Morgan fingerprint density at radius 1 is 1.33 bits per heavy atom. The number of hydrogen-bond acceptors (Lipinski definition) is 2. The number of aromatic nitrogens is 2. The quantitative estimate of drug-likeness (QED) is 0.871. The number of aromatic amines is 1. The van der Waals surface area contributed by atoms with Gasteiger partial charge in [0.15, 0.2) is 0 Å². The minimum Gasteiger partial charge on any atom is -0.405 e. The molecule has 2 aromatic rings. The lowest BCUT2D eigenvalue weighted by Gasteiger charge is -2.10. The van der Waals surface area contributed by atoms with Crippen LogP contribution in [0.3, 0.4) is 0 Å². The Morgan fingerprint density at radius 3 is 2.73 bits per heavy atom.